The van der Waals surface area contributed by atoms with Crippen molar-refractivity contribution >= 4 is 11.6 Å². The van der Waals surface area contributed by atoms with Crippen LogP contribution in [0.3, 0.4) is 0 Å². The van der Waals surface area contributed by atoms with Gasteiger partial charge in [-0.15, -0.1) is 0 Å². The van der Waals surface area contributed by atoms with Gasteiger partial charge in [-0.1, -0.05) is 17.3 Å². The van der Waals surface area contributed by atoms with E-state index in [2.05, 4.69) is 5.16 Å². The number of hydrogen-bond acceptors (Lipinski definition) is 5. The Morgan fingerprint density at radius 1 is 1.37 bits per heavy atom. The van der Waals surface area contributed by atoms with Crippen LogP contribution in [0.25, 0.3) is 0 Å². The number of nitrogen functional groups attached to an aromatic ring is 1. The van der Waals surface area contributed by atoms with Gasteiger partial charge in [0.2, 0.25) is 0 Å². The summed E-state index contributed by atoms with van der Waals surface area (Å²) in [5.41, 5.74) is 6.06. The molecule has 1 aromatic carbocycles. The van der Waals surface area contributed by atoms with Crippen molar-refractivity contribution in [2.45, 2.75) is 44.0 Å². The van der Waals surface area contributed by atoms with Crippen molar-refractivity contribution in [1.29, 1.82) is 0 Å². The van der Waals surface area contributed by atoms with Crippen LogP contribution in [0.5, 0.6) is 0 Å². The van der Waals surface area contributed by atoms with Crippen LogP contribution >= 0.6 is 0 Å². The first kappa shape index (κ1) is 19.2. The number of nitrogens with zero attached hydrogens (tertiary/aromatic N) is 2. The molecule has 3 atom stereocenters. The lowest BCUT2D eigenvalue weighted by atomic mass is 9.90. The van der Waals surface area contributed by atoms with Gasteiger partial charge < -0.3 is 20.3 Å². The van der Waals surface area contributed by atoms with E-state index in [1.54, 1.807) is 29.2 Å². The fourth-order valence-electron chi connectivity index (χ4n) is 3.26. The fraction of sp³-hybridized carbons (Fsp3) is 0.444. The first-order chi connectivity index (χ1) is 12.7. The summed E-state index contributed by atoms with van der Waals surface area (Å²) in [7, 11) is 0. The van der Waals surface area contributed by atoms with Gasteiger partial charge in [0.05, 0.1) is 5.56 Å². The van der Waals surface area contributed by atoms with E-state index in [9.17, 15) is 23.1 Å². The molecule has 146 valence electrons. The molecule has 1 aliphatic rings. The number of benzene rings is 1. The molecule has 0 aliphatic carbocycles. The summed E-state index contributed by atoms with van der Waals surface area (Å²) in [4.78, 5) is 14.5. The lowest BCUT2D eigenvalue weighted by molar-refractivity contribution is -0.208. The van der Waals surface area contributed by atoms with Crippen LogP contribution in [0.1, 0.15) is 53.6 Å². The highest BCUT2D eigenvalue weighted by molar-refractivity contribution is 5.99. The summed E-state index contributed by atoms with van der Waals surface area (Å²) in [6.45, 7) is 2.18. The van der Waals surface area contributed by atoms with E-state index in [4.69, 9.17) is 10.3 Å². The number of halogens is 3. The number of alkyl halides is 3. The van der Waals surface area contributed by atoms with Crippen molar-refractivity contribution < 1.29 is 27.6 Å². The zero-order valence-electron chi connectivity index (χ0n) is 14.6. The van der Waals surface area contributed by atoms with Gasteiger partial charge in [0, 0.05) is 30.3 Å². The third-order valence-corrected chi connectivity index (χ3v) is 4.87. The lowest BCUT2D eigenvalue weighted by Gasteiger charge is -2.37. The number of piperidine rings is 1. The lowest BCUT2D eigenvalue weighted by Crippen LogP contribution is -2.45. The SMILES string of the molecule is C[C@@H]1CC[C@@H](c2cc([C@@H](O)C(F)(F)F)no2)CN1C(=O)c1ccccc1N. The zero-order chi connectivity index (χ0) is 19.8. The van der Waals surface area contributed by atoms with Gasteiger partial charge >= 0.3 is 6.18 Å². The second kappa shape index (κ2) is 7.22. The molecule has 0 saturated carbocycles. The summed E-state index contributed by atoms with van der Waals surface area (Å²) in [6.07, 6.45) is -6.23. The molecule has 9 heteroatoms. The third-order valence-electron chi connectivity index (χ3n) is 4.87. The summed E-state index contributed by atoms with van der Waals surface area (Å²) in [5, 5.41) is 12.7. The van der Waals surface area contributed by atoms with Crippen molar-refractivity contribution in [3.05, 3.63) is 47.3 Å². The van der Waals surface area contributed by atoms with Crippen LogP contribution in [0, 0.1) is 0 Å². The Balaban J connectivity index is 1.79. The maximum absolute atomic E-state index is 12.9. The number of aromatic nitrogens is 1. The maximum atomic E-state index is 12.9. The molecule has 3 N–H and O–H groups in total. The molecule has 1 aromatic heterocycles. The minimum atomic E-state index is -4.82. The predicted octanol–water partition coefficient (Wildman–Crippen LogP) is 3.26. The van der Waals surface area contributed by atoms with Crippen LogP contribution in [-0.4, -0.2) is 39.8 Å². The molecule has 1 amide bonds. The van der Waals surface area contributed by atoms with Crippen molar-refractivity contribution in [2.75, 3.05) is 12.3 Å². The van der Waals surface area contributed by atoms with Gasteiger partial charge in [0.25, 0.3) is 5.91 Å². The monoisotopic (exact) mass is 383 g/mol. The Labute approximate surface area is 153 Å². The predicted molar refractivity (Wildman–Crippen MR) is 90.8 cm³/mol. The molecule has 0 radical (unpaired) electrons. The van der Waals surface area contributed by atoms with Crippen molar-refractivity contribution in [2.24, 2.45) is 0 Å². The molecule has 1 saturated heterocycles. The van der Waals surface area contributed by atoms with E-state index in [1.807, 2.05) is 6.92 Å². The summed E-state index contributed by atoms with van der Waals surface area (Å²) in [6, 6.07) is 7.80. The number of aliphatic hydroxyl groups is 1. The Hall–Kier alpha value is -2.55. The Morgan fingerprint density at radius 2 is 2.07 bits per heavy atom. The van der Waals surface area contributed by atoms with E-state index < -0.39 is 18.0 Å². The number of nitrogens with two attached hydrogens (primary N) is 1. The standard InChI is InChI=1S/C18H20F3N3O3/c1-10-6-7-11(15-8-14(23-27-15)16(25)18(19,20)21)9-24(10)17(26)12-4-2-3-5-13(12)22/h2-5,8,10-11,16,25H,6-7,9,22H2,1H3/t10-,11-,16-/m1/s1. The molecule has 1 fully saturated rings. The van der Waals surface area contributed by atoms with Crippen LogP contribution < -0.4 is 5.73 Å². The molecule has 2 aromatic rings. The van der Waals surface area contributed by atoms with E-state index in [-0.39, 0.29) is 30.2 Å². The van der Waals surface area contributed by atoms with Gasteiger partial charge in [0.1, 0.15) is 11.5 Å². The Kier molecular flexibility index (Phi) is 5.14. The number of para-hydroxylation sites is 1. The maximum Gasteiger partial charge on any atom is 0.420 e. The first-order valence-corrected chi connectivity index (χ1v) is 8.55. The molecular formula is C18H20F3N3O3. The number of carbonyl (C=O) groups is 1. The molecule has 3 rings (SSSR count). The van der Waals surface area contributed by atoms with Crippen LogP contribution in [0.2, 0.25) is 0 Å². The number of likely N-dealkylation sites (tertiary alicyclic amines) is 1. The van der Waals surface area contributed by atoms with Gasteiger partial charge in [-0.05, 0) is 31.9 Å². The molecule has 0 unspecified atom stereocenters. The van der Waals surface area contributed by atoms with Crippen molar-refractivity contribution in [3.63, 3.8) is 0 Å². The Morgan fingerprint density at radius 3 is 2.74 bits per heavy atom. The summed E-state index contributed by atoms with van der Waals surface area (Å²) >= 11 is 0. The fourth-order valence-corrected chi connectivity index (χ4v) is 3.26. The Bertz CT molecular complexity index is 821. The highest BCUT2D eigenvalue weighted by Crippen LogP contribution is 2.36. The normalized spacial score (nSPS) is 21.9. The number of aliphatic hydroxyl groups excluding tert-OH is 1. The first-order valence-electron chi connectivity index (χ1n) is 8.55. The van der Waals surface area contributed by atoms with E-state index >= 15 is 0 Å². The molecule has 0 bridgehead atoms. The third kappa shape index (κ3) is 3.92. The van der Waals surface area contributed by atoms with E-state index in [1.165, 1.54) is 0 Å². The minimum Gasteiger partial charge on any atom is -0.398 e. The smallest absolute Gasteiger partial charge is 0.398 e. The molecule has 2 heterocycles. The van der Waals surface area contributed by atoms with Crippen LogP contribution in [-0.2, 0) is 0 Å². The summed E-state index contributed by atoms with van der Waals surface area (Å²) < 4.78 is 42.9. The van der Waals surface area contributed by atoms with Gasteiger partial charge in [0.15, 0.2) is 6.10 Å². The van der Waals surface area contributed by atoms with Crippen LogP contribution in [0.4, 0.5) is 18.9 Å². The zero-order valence-corrected chi connectivity index (χ0v) is 14.6. The van der Waals surface area contributed by atoms with Crippen molar-refractivity contribution in [3.8, 4) is 0 Å². The van der Waals surface area contributed by atoms with E-state index in [0.717, 1.165) is 6.07 Å². The van der Waals surface area contributed by atoms with Gasteiger partial charge in [-0.2, -0.15) is 13.2 Å². The quantitative estimate of drug-likeness (QED) is 0.794. The molecule has 0 spiro atoms. The largest absolute Gasteiger partial charge is 0.420 e. The highest BCUT2D eigenvalue weighted by atomic mass is 19.4. The average molecular weight is 383 g/mol. The molecule has 27 heavy (non-hydrogen) atoms. The van der Waals surface area contributed by atoms with Gasteiger partial charge in [-0.25, -0.2) is 0 Å². The minimum absolute atomic E-state index is 0.0449. The summed E-state index contributed by atoms with van der Waals surface area (Å²) in [5.74, 6) is -0.323. The van der Waals surface area contributed by atoms with Crippen molar-refractivity contribution in [1.82, 2.24) is 10.1 Å². The molecule has 1 aliphatic heterocycles. The number of anilines is 1. The average Bonchev–Trinajstić information content (AvgIpc) is 3.10. The number of hydrogen-bond donors (Lipinski definition) is 2. The van der Waals surface area contributed by atoms with Gasteiger partial charge in [-0.3, -0.25) is 4.79 Å². The number of rotatable bonds is 3. The molecular weight excluding hydrogens is 363 g/mol. The highest BCUT2D eigenvalue weighted by Gasteiger charge is 2.42. The molecule has 6 nitrogen and oxygen atoms in total. The number of amides is 1. The second-order valence-corrected chi connectivity index (χ2v) is 6.77. The van der Waals surface area contributed by atoms with Crippen LogP contribution in [0.15, 0.2) is 34.9 Å². The number of carbonyl (C=O) groups excluding carboxylic acids is 1. The second-order valence-electron chi connectivity index (χ2n) is 6.77. The topological polar surface area (TPSA) is 92.6 Å². The van der Waals surface area contributed by atoms with E-state index in [0.29, 0.717) is 24.1 Å².